The largest absolute Gasteiger partial charge is 0.454 e. The topological polar surface area (TPSA) is 72.0 Å². The fourth-order valence-electron chi connectivity index (χ4n) is 2.91. The summed E-state index contributed by atoms with van der Waals surface area (Å²) in [6.45, 7) is 7.60. The number of aryl methyl sites for hydroxylation is 2. The molecule has 26 heavy (non-hydrogen) atoms. The van der Waals surface area contributed by atoms with Crippen molar-refractivity contribution < 1.29 is 9.53 Å². The highest BCUT2D eigenvalue weighted by atomic mass is 32.1. The molecule has 2 heterocycles. The number of aromatic amines is 1. The van der Waals surface area contributed by atoms with Gasteiger partial charge in [0, 0.05) is 4.88 Å². The summed E-state index contributed by atoms with van der Waals surface area (Å²) in [6, 6.07) is 9.84. The van der Waals surface area contributed by atoms with E-state index in [1.165, 1.54) is 11.3 Å². The van der Waals surface area contributed by atoms with Gasteiger partial charge >= 0.3 is 5.97 Å². The number of thiophene rings is 1. The standard InChI is InChI=1S/C20H22N2O3S/c1-11(15-8-6-5-7-9-15)10-16(23)25-13(3)18-21-19(24)17-12(2)14(4)26-20(17)22-18/h5-9,11,13H,10H2,1-4H3,(H,21,22,24)/t11-,13-/m1/s1. The highest BCUT2D eigenvalue weighted by Gasteiger charge is 2.19. The number of ether oxygens (including phenoxy) is 1. The second-order valence-corrected chi connectivity index (χ2v) is 7.77. The van der Waals surface area contributed by atoms with Gasteiger partial charge in [-0.25, -0.2) is 4.98 Å². The van der Waals surface area contributed by atoms with E-state index < -0.39 is 6.10 Å². The van der Waals surface area contributed by atoms with Crippen molar-refractivity contribution in [3.05, 3.63) is 62.5 Å². The summed E-state index contributed by atoms with van der Waals surface area (Å²) in [6.07, 6.45) is -0.330. The minimum atomic E-state index is -0.606. The maximum Gasteiger partial charge on any atom is 0.307 e. The third-order valence-corrected chi connectivity index (χ3v) is 5.69. The molecule has 0 aliphatic heterocycles. The Labute approximate surface area is 156 Å². The van der Waals surface area contributed by atoms with E-state index in [1.54, 1.807) is 6.92 Å². The van der Waals surface area contributed by atoms with Crippen LogP contribution in [-0.2, 0) is 9.53 Å². The van der Waals surface area contributed by atoms with Crippen molar-refractivity contribution in [1.82, 2.24) is 9.97 Å². The van der Waals surface area contributed by atoms with Crippen LogP contribution in [0.1, 0.15) is 54.1 Å². The number of nitrogens with one attached hydrogen (secondary N) is 1. The highest BCUT2D eigenvalue weighted by Crippen LogP contribution is 2.27. The molecular formula is C20H22N2O3S. The van der Waals surface area contributed by atoms with Crippen LogP contribution in [0.2, 0.25) is 0 Å². The predicted octanol–water partition coefficient (Wildman–Crippen LogP) is 4.40. The molecule has 0 amide bonds. The quantitative estimate of drug-likeness (QED) is 0.676. The van der Waals surface area contributed by atoms with Crippen LogP contribution in [0.15, 0.2) is 35.1 Å². The highest BCUT2D eigenvalue weighted by molar-refractivity contribution is 7.18. The van der Waals surface area contributed by atoms with Crippen molar-refractivity contribution in [3.63, 3.8) is 0 Å². The zero-order valence-corrected chi connectivity index (χ0v) is 16.1. The molecule has 1 N–H and O–H groups in total. The second kappa shape index (κ2) is 7.41. The van der Waals surface area contributed by atoms with Gasteiger partial charge in [0.15, 0.2) is 11.9 Å². The van der Waals surface area contributed by atoms with Gasteiger partial charge in [-0.3, -0.25) is 9.59 Å². The molecule has 6 heteroatoms. The molecule has 0 saturated carbocycles. The summed E-state index contributed by atoms with van der Waals surface area (Å²) < 4.78 is 5.50. The SMILES string of the molecule is Cc1sc2nc([C@@H](C)OC(=O)C[C@@H](C)c3ccccc3)[nH]c(=O)c2c1C. The Bertz CT molecular complexity index is 991. The van der Waals surface area contributed by atoms with Crippen molar-refractivity contribution in [1.29, 1.82) is 0 Å². The van der Waals surface area contributed by atoms with E-state index in [1.807, 2.05) is 51.1 Å². The lowest BCUT2D eigenvalue weighted by Gasteiger charge is -2.15. The summed E-state index contributed by atoms with van der Waals surface area (Å²) >= 11 is 1.48. The molecule has 3 rings (SSSR count). The van der Waals surface area contributed by atoms with E-state index in [2.05, 4.69) is 9.97 Å². The lowest BCUT2D eigenvalue weighted by atomic mass is 9.98. The van der Waals surface area contributed by atoms with Gasteiger partial charge < -0.3 is 9.72 Å². The molecule has 2 atom stereocenters. The molecular weight excluding hydrogens is 348 g/mol. The van der Waals surface area contributed by atoms with Gasteiger partial charge in [-0.05, 0) is 37.8 Å². The van der Waals surface area contributed by atoms with Crippen molar-refractivity contribution in [2.24, 2.45) is 0 Å². The molecule has 3 aromatic rings. The van der Waals surface area contributed by atoms with Gasteiger partial charge in [0.1, 0.15) is 4.83 Å². The molecule has 0 fully saturated rings. The van der Waals surface area contributed by atoms with Crippen LogP contribution in [-0.4, -0.2) is 15.9 Å². The molecule has 0 saturated heterocycles. The van der Waals surface area contributed by atoms with Gasteiger partial charge in [0.2, 0.25) is 0 Å². The van der Waals surface area contributed by atoms with Crippen LogP contribution in [0.5, 0.6) is 0 Å². The average Bonchev–Trinajstić information content (AvgIpc) is 2.90. The fraction of sp³-hybridized carbons (Fsp3) is 0.350. The number of carbonyl (C=O) groups excluding carboxylic acids is 1. The molecule has 0 bridgehead atoms. The van der Waals surface area contributed by atoms with E-state index in [0.29, 0.717) is 16.0 Å². The molecule has 1 aromatic carbocycles. The number of carbonyl (C=O) groups is 1. The Morgan fingerprint density at radius 2 is 1.92 bits per heavy atom. The summed E-state index contributed by atoms with van der Waals surface area (Å²) in [5.74, 6) is 0.132. The number of H-pyrrole nitrogens is 1. The number of hydrogen-bond acceptors (Lipinski definition) is 5. The van der Waals surface area contributed by atoms with Crippen molar-refractivity contribution in [2.75, 3.05) is 0 Å². The van der Waals surface area contributed by atoms with Gasteiger partial charge in [0.25, 0.3) is 5.56 Å². The average molecular weight is 370 g/mol. The van der Waals surface area contributed by atoms with Crippen LogP contribution in [0.3, 0.4) is 0 Å². The van der Waals surface area contributed by atoms with Gasteiger partial charge in [-0.2, -0.15) is 0 Å². The third kappa shape index (κ3) is 3.70. The fourth-order valence-corrected chi connectivity index (χ4v) is 3.95. The maximum atomic E-state index is 12.4. The Morgan fingerprint density at radius 3 is 2.62 bits per heavy atom. The zero-order valence-electron chi connectivity index (χ0n) is 15.3. The van der Waals surface area contributed by atoms with Crippen LogP contribution in [0.25, 0.3) is 10.2 Å². The van der Waals surface area contributed by atoms with E-state index in [4.69, 9.17) is 4.74 Å². The second-order valence-electron chi connectivity index (χ2n) is 6.56. The van der Waals surface area contributed by atoms with E-state index in [0.717, 1.165) is 16.0 Å². The molecule has 0 radical (unpaired) electrons. The monoisotopic (exact) mass is 370 g/mol. The Hall–Kier alpha value is -2.47. The number of nitrogens with zero attached hydrogens (tertiary/aromatic N) is 1. The van der Waals surface area contributed by atoms with Crippen LogP contribution >= 0.6 is 11.3 Å². The van der Waals surface area contributed by atoms with Crippen molar-refractivity contribution >= 4 is 27.5 Å². The number of hydrogen-bond donors (Lipinski definition) is 1. The molecule has 2 aromatic heterocycles. The van der Waals surface area contributed by atoms with E-state index in [-0.39, 0.29) is 23.9 Å². The Balaban J connectivity index is 1.73. The summed E-state index contributed by atoms with van der Waals surface area (Å²) in [7, 11) is 0. The Morgan fingerprint density at radius 1 is 1.23 bits per heavy atom. The van der Waals surface area contributed by atoms with Crippen molar-refractivity contribution in [3.8, 4) is 0 Å². The summed E-state index contributed by atoms with van der Waals surface area (Å²) in [4.78, 5) is 33.6. The van der Waals surface area contributed by atoms with Crippen LogP contribution in [0, 0.1) is 13.8 Å². The predicted molar refractivity (Wildman–Crippen MR) is 104 cm³/mol. The van der Waals surface area contributed by atoms with Crippen LogP contribution in [0.4, 0.5) is 0 Å². The van der Waals surface area contributed by atoms with E-state index in [9.17, 15) is 9.59 Å². The van der Waals surface area contributed by atoms with Crippen molar-refractivity contribution in [2.45, 2.75) is 46.1 Å². The van der Waals surface area contributed by atoms with Gasteiger partial charge in [-0.1, -0.05) is 37.3 Å². The number of fused-ring (bicyclic) bond motifs is 1. The van der Waals surface area contributed by atoms with E-state index >= 15 is 0 Å². The molecule has 0 aliphatic carbocycles. The minimum Gasteiger partial charge on any atom is -0.454 e. The first-order valence-corrected chi connectivity index (χ1v) is 9.42. The van der Waals surface area contributed by atoms with Crippen LogP contribution < -0.4 is 5.56 Å². The lowest BCUT2D eigenvalue weighted by molar-refractivity contribution is -0.149. The van der Waals surface area contributed by atoms with Gasteiger partial charge in [-0.15, -0.1) is 11.3 Å². The lowest BCUT2D eigenvalue weighted by Crippen LogP contribution is -2.18. The minimum absolute atomic E-state index is 0.0629. The molecule has 0 unspecified atom stereocenters. The number of aromatic nitrogens is 2. The first-order valence-electron chi connectivity index (χ1n) is 8.61. The Kier molecular flexibility index (Phi) is 5.23. The summed E-state index contributed by atoms with van der Waals surface area (Å²) in [5.41, 5.74) is 1.86. The molecule has 0 aliphatic rings. The first-order chi connectivity index (χ1) is 12.4. The number of esters is 1. The number of benzene rings is 1. The molecule has 0 spiro atoms. The maximum absolute atomic E-state index is 12.4. The smallest absolute Gasteiger partial charge is 0.307 e. The van der Waals surface area contributed by atoms with Gasteiger partial charge in [0.05, 0.1) is 11.8 Å². The molecule has 5 nitrogen and oxygen atoms in total. The molecule has 136 valence electrons. The number of rotatable bonds is 5. The zero-order chi connectivity index (χ0) is 18.8. The normalized spacial score (nSPS) is 13.5. The first kappa shape index (κ1) is 18.3. The summed E-state index contributed by atoms with van der Waals surface area (Å²) in [5, 5.41) is 0.618. The third-order valence-electron chi connectivity index (χ3n) is 4.59.